The summed E-state index contributed by atoms with van der Waals surface area (Å²) in [7, 11) is 0. The maximum absolute atomic E-state index is 9.38. The standard InChI is InChI=1S/C10H20N4OS/c1-8(2)13-10(3,6-15)4-5-16-9-11-7-12-14-9/h7-8,13,15H,4-6H2,1-3H3,(H,11,12,14). The summed E-state index contributed by atoms with van der Waals surface area (Å²) < 4.78 is 0. The van der Waals surface area contributed by atoms with Crippen molar-refractivity contribution in [2.24, 2.45) is 0 Å². The predicted octanol–water partition coefficient (Wildman–Crippen LogP) is 1.04. The van der Waals surface area contributed by atoms with E-state index in [0.29, 0.717) is 6.04 Å². The van der Waals surface area contributed by atoms with Crippen molar-refractivity contribution in [3.8, 4) is 0 Å². The highest BCUT2D eigenvalue weighted by Crippen LogP contribution is 2.18. The summed E-state index contributed by atoms with van der Waals surface area (Å²) in [4.78, 5) is 4.04. The van der Waals surface area contributed by atoms with E-state index in [1.165, 1.54) is 6.33 Å². The number of thioether (sulfide) groups is 1. The van der Waals surface area contributed by atoms with Gasteiger partial charge in [0.25, 0.3) is 0 Å². The van der Waals surface area contributed by atoms with Gasteiger partial charge in [-0.05, 0) is 13.3 Å². The maximum Gasteiger partial charge on any atom is 0.183 e. The molecule has 0 aliphatic heterocycles. The lowest BCUT2D eigenvalue weighted by Crippen LogP contribution is -2.49. The molecule has 16 heavy (non-hydrogen) atoms. The second-order valence-electron chi connectivity index (χ2n) is 4.41. The first-order chi connectivity index (χ1) is 7.56. The third-order valence-corrected chi connectivity index (χ3v) is 3.15. The summed E-state index contributed by atoms with van der Waals surface area (Å²) in [6.45, 7) is 6.34. The zero-order valence-corrected chi connectivity index (χ0v) is 10.8. The number of nitrogens with zero attached hydrogens (tertiary/aromatic N) is 2. The summed E-state index contributed by atoms with van der Waals surface area (Å²) in [5.41, 5.74) is -0.221. The monoisotopic (exact) mass is 244 g/mol. The van der Waals surface area contributed by atoms with E-state index in [-0.39, 0.29) is 12.1 Å². The normalized spacial score (nSPS) is 15.3. The molecule has 6 heteroatoms. The number of aromatic nitrogens is 3. The summed E-state index contributed by atoms with van der Waals surface area (Å²) >= 11 is 1.62. The maximum atomic E-state index is 9.38. The van der Waals surface area contributed by atoms with Crippen molar-refractivity contribution in [2.75, 3.05) is 12.4 Å². The van der Waals surface area contributed by atoms with E-state index in [2.05, 4.69) is 34.3 Å². The molecule has 1 aromatic heterocycles. The second kappa shape index (κ2) is 6.22. The van der Waals surface area contributed by atoms with Gasteiger partial charge in [-0.3, -0.25) is 5.10 Å². The molecule has 0 spiro atoms. The Morgan fingerprint density at radius 2 is 2.38 bits per heavy atom. The van der Waals surface area contributed by atoms with Crippen molar-refractivity contribution in [1.82, 2.24) is 20.5 Å². The van der Waals surface area contributed by atoms with Crippen LogP contribution in [0.5, 0.6) is 0 Å². The number of hydrogen-bond donors (Lipinski definition) is 3. The smallest absolute Gasteiger partial charge is 0.183 e. The van der Waals surface area contributed by atoms with Crippen LogP contribution in [0.4, 0.5) is 0 Å². The van der Waals surface area contributed by atoms with Gasteiger partial charge < -0.3 is 10.4 Å². The molecule has 0 aromatic carbocycles. The molecular formula is C10H20N4OS. The molecule has 5 nitrogen and oxygen atoms in total. The van der Waals surface area contributed by atoms with Crippen LogP contribution in [-0.2, 0) is 0 Å². The molecule has 0 amide bonds. The van der Waals surface area contributed by atoms with Crippen molar-refractivity contribution in [2.45, 2.75) is 43.9 Å². The molecule has 0 radical (unpaired) electrons. The fraction of sp³-hybridized carbons (Fsp3) is 0.800. The van der Waals surface area contributed by atoms with Crippen molar-refractivity contribution >= 4 is 11.8 Å². The fourth-order valence-electron chi connectivity index (χ4n) is 1.53. The zero-order chi connectivity index (χ0) is 12.0. The van der Waals surface area contributed by atoms with Crippen molar-refractivity contribution < 1.29 is 5.11 Å². The number of aromatic amines is 1. The highest BCUT2D eigenvalue weighted by molar-refractivity contribution is 7.99. The highest BCUT2D eigenvalue weighted by Gasteiger charge is 2.23. The van der Waals surface area contributed by atoms with Gasteiger partial charge in [-0.1, -0.05) is 25.6 Å². The van der Waals surface area contributed by atoms with Gasteiger partial charge in [-0.25, -0.2) is 4.98 Å². The Kier molecular flexibility index (Phi) is 5.24. The second-order valence-corrected chi connectivity index (χ2v) is 5.49. The topological polar surface area (TPSA) is 73.8 Å². The van der Waals surface area contributed by atoms with Crippen LogP contribution >= 0.6 is 11.8 Å². The number of aliphatic hydroxyl groups excluding tert-OH is 1. The largest absolute Gasteiger partial charge is 0.394 e. The van der Waals surface area contributed by atoms with Crippen LogP contribution in [0.15, 0.2) is 11.5 Å². The van der Waals surface area contributed by atoms with Gasteiger partial charge in [0, 0.05) is 17.3 Å². The molecule has 0 bridgehead atoms. The van der Waals surface area contributed by atoms with Gasteiger partial charge in [0.1, 0.15) is 6.33 Å². The molecule has 0 saturated heterocycles. The average Bonchev–Trinajstić information content (AvgIpc) is 2.69. The summed E-state index contributed by atoms with van der Waals surface area (Å²) in [6, 6.07) is 0.368. The zero-order valence-electron chi connectivity index (χ0n) is 10.0. The molecule has 1 rings (SSSR count). The molecule has 0 fully saturated rings. The number of aliphatic hydroxyl groups is 1. The first-order valence-electron chi connectivity index (χ1n) is 5.42. The molecule has 1 unspecified atom stereocenters. The molecule has 0 saturated carbocycles. The third kappa shape index (κ3) is 4.51. The van der Waals surface area contributed by atoms with Crippen LogP contribution in [0, 0.1) is 0 Å². The minimum atomic E-state index is -0.221. The van der Waals surface area contributed by atoms with E-state index < -0.39 is 0 Å². The van der Waals surface area contributed by atoms with Gasteiger partial charge >= 0.3 is 0 Å². The number of nitrogens with one attached hydrogen (secondary N) is 2. The Balaban J connectivity index is 2.33. The first-order valence-corrected chi connectivity index (χ1v) is 6.41. The Morgan fingerprint density at radius 3 is 2.88 bits per heavy atom. The molecular weight excluding hydrogens is 224 g/mol. The third-order valence-electron chi connectivity index (χ3n) is 2.27. The van der Waals surface area contributed by atoms with Crippen LogP contribution in [-0.4, -0.2) is 44.2 Å². The minimum absolute atomic E-state index is 0.141. The SMILES string of the molecule is CC(C)NC(C)(CO)CCSc1ncn[nH]1. The quantitative estimate of drug-likeness (QED) is 0.625. The van der Waals surface area contributed by atoms with Crippen molar-refractivity contribution in [3.63, 3.8) is 0 Å². The number of rotatable bonds is 7. The Morgan fingerprint density at radius 1 is 1.62 bits per heavy atom. The van der Waals surface area contributed by atoms with Crippen LogP contribution in [0.25, 0.3) is 0 Å². The van der Waals surface area contributed by atoms with Crippen LogP contribution in [0.2, 0.25) is 0 Å². The number of hydrogen-bond acceptors (Lipinski definition) is 5. The summed E-state index contributed by atoms with van der Waals surface area (Å²) in [5.74, 6) is 0.895. The lowest BCUT2D eigenvalue weighted by atomic mass is 9.99. The molecule has 3 N–H and O–H groups in total. The van der Waals surface area contributed by atoms with E-state index >= 15 is 0 Å². The van der Waals surface area contributed by atoms with E-state index in [9.17, 15) is 5.11 Å². The number of H-pyrrole nitrogens is 1. The van der Waals surface area contributed by atoms with Gasteiger partial charge in [0.15, 0.2) is 5.16 Å². The summed E-state index contributed by atoms with van der Waals surface area (Å²) in [5, 5.41) is 20.2. The molecule has 0 aliphatic rings. The van der Waals surface area contributed by atoms with E-state index in [0.717, 1.165) is 17.3 Å². The molecule has 92 valence electrons. The van der Waals surface area contributed by atoms with Crippen LogP contribution < -0.4 is 5.32 Å². The Hall–Kier alpha value is -0.590. The summed E-state index contributed by atoms with van der Waals surface area (Å²) in [6.07, 6.45) is 2.38. The van der Waals surface area contributed by atoms with E-state index in [4.69, 9.17) is 0 Å². The highest BCUT2D eigenvalue weighted by atomic mass is 32.2. The molecule has 1 atom stereocenters. The van der Waals surface area contributed by atoms with E-state index in [1.807, 2.05) is 6.92 Å². The fourth-order valence-corrected chi connectivity index (χ4v) is 2.52. The van der Waals surface area contributed by atoms with Crippen molar-refractivity contribution in [3.05, 3.63) is 6.33 Å². The van der Waals surface area contributed by atoms with Gasteiger partial charge in [-0.15, -0.1) is 0 Å². The van der Waals surface area contributed by atoms with Crippen LogP contribution in [0.3, 0.4) is 0 Å². The predicted molar refractivity (Wildman–Crippen MR) is 65.5 cm³/mol. The Bertz CT molecular complexity index is 291. The van der Waals surface area contributed by atoms with Gasteiger partial charge in [-0.2, -0.15) is 5.10 Å². The van der Waals surface area contributed by atoms with Gasteiger partial charge in [0.05, 0.1) is 6.61 Å². The molecule has 1 aromatic rings. The lowest BCUT2D eigenvalue weighted by Gasteiger charge is -2.30. The van der Waals surface area contributed by atoms with Crippen molar-refractivity contribution in [1.29, 1.82) is 0 Å². The van der Waals surface area contributed by atoms with Gasteiger partial charge in [0.2, 0.25) is 0 Å². The van der Waals surface area contributed by atoms with Crippen LogP contribution in [0.1, 0.15) is 27.2 Å². The Labute approximate surface area is 100 Å². The lowest BCUT2D eigenvalue weighted by molar-refractivity contribution is 0.162. The van der Waals surface area contributed by atoms with E-state index in [1.54, 1.807) is 11.8 Å². The molecule has 0 aliphatic carbocycles. The average molecular weight is 244 g/mol. The first kappa shape index (κ1) is 13.5. The molecule has 1 heterocycles. The minimum Gasteiger partial charge on any atom is -0.394 e.